The summed E-state index contributed by atoms with van der Waals surface area (Å²) in [5.74, 6) is 0.895. The van der Waals surface area contributed by atoms with Crippen LogP contribution in [0.1, 0.15) is 19.3 Å². The van der Waals surface area contributed by atoms with Crippen LogP contribution in [0, 0.1) is 0 Å². The number of hydrogen-bond donors (Lipinski definition) is 3. The summed E-state index contributed by atoms with van der Waals surface area (Å²) < 4.78 is 0. The Labute approximate surface area is 72.1 Å². The third-order valence-electron chi connectivity index (χ3n) is 2.39. The normalized spacial score (nSPS) is 24.5. The van der Waals surface area contributed by atoms with E-state index in [9.17, 15) is 0 Å². The monoisotopic (exact) mass is 169 g/mol. The minimum absolute atomic E-state index is 0.895. The van der Waals surface area contributed by atoms with E-state index >= 15 is 0 Å². The Morgan fingerprint density at radius 1 is 1.33 bits per heavy atom. The lowest BCUT2D eigenvalue weighted by Gasteiger charge is -2.25. The minimum Gasteiger partial charge on any atom is -0.380 e. The van der Waals surface area contributed by atoms with E-state index in [0.717, 1.165) is 12.4 Å². The second-order valence-corrected chi connectivity index (χ2v) is 3.35. The van der Waals surface area contributed by atoms with Crippen LogP contribution in [0.2, 0.25) is 0 Å². The molecule has 12 heavy (non-hydrogen) atoms. The topological polar surface area (TPSA) is 55.0 Å². The largest absolute Gasteiger partial charge is 0.380 e. The van der Waals surface area contributed by atoms with Gasteiger partial charge >= 0.3 is 0 Å². The molecular weight excluding hydrogens is 154 g/mol. The third-order valence-corrected chi connectivity index (χ3v) is 2.39. The Kier molecular flexibility index (Phi) is 2.43. The molecule has 1 saturated heterocycles. The SMILES string of the molecule is C1CC[NH+](CC2=NNN[N-]2)CC1. The molecule has 0 aliphatic carbocycles. The van der Waals surface area contributed by atoms with E-state index in [0.29, 0.717) is 0 Å². The molecule has 0 amide bonds. The number of hydrazine groups is 1. The van der Waals surface area contributed by atoms with Crippen molar-refractivity contribution in [3.05, 3.63) is 5.43 Å². The molecule has 0 aromatic carbocycles. The van der Waals surface area contributed by atoms with Crippen LogP contribution < -0.4 is 16.0 Å². The molecule has 2 aliphatic heterocycles. The van der Waals surface area contributed by atoms with Gasteiger partial charge in [0.15, 0.2) is 0 Å². The lowest BCUT2D eigenvalue weighted by atomic mass is 10.1. The van der Waals surface area contributed by atoms with Crippen molar-refractivity contribution < 1.29 is 4.90 Å². The van der Waals surface area contributed by atoms with Crippen molar-refractivity contribution in [3.8, 4) is 0 Å². The summed E-state index contributed by atoms with van der Waals surface area (Å²) in [5, 5.41) is 4.00. The highest BCUT2D eigenvalue weighted by Gasteiger charge is 2.13. The molecule has 0 bridgehead atoms. The average Bonchev–Trinajstić information content (AvgIpc) is 2.59. The van der Waals surface area contributed by atoms with Gasteiger partial charge in [0.25, 0.3) is 0 Å². The molecule has 5 nitrogen and oxygen atoms in total. The van der Waals surface area contributed by atoms with Crippen molar-refractivity contribution in [1.29, 1.82) is 0 Å². The van der Waals surface area contributed by atoms with E-state index in [2.05, 4.69) is 21.6 Å². The lowest BCUT2D eigenvalue weighted by Crippen LogP contribution is -3.13. The van der Waals surface area contributed by atoms with Crippen LogP contribution in [-0.2, 0) is 0 Å². The molecule has 0 aromatic rings. The molecule has 5 heteroatoms. The second-order valence-electron chi connectivity index (χ2n) is 3.35. The molecule has 1 fully saturated rings. The molecule has 0 spiro atoms. The number of quaternary nitrogens is 1. The summed E-state index contributed by atoms with van der Waals surface area (Å²) in [6, 6.07) is 0. The van der Waals surface area contributed by atoms with Gasteiger partial charge in [-0.3, -0.25) is 0 Å². The first-order valence-corrected chi connectivity index (χ1v) is 4.56. The number of likely N-dealkylation sites (tertiary alicyclic amines) is 1. The number of nitrogens with zero attached hydrogens (tertiary/aromatic N) is 2. The van der Waals surface area contributed by atoms with Gasteiger partial charge in [0.1, 0.15) is 0 Å². The summed E-state index contributed by atoms with van der Waals surface area (Å²) in [6.45, 7) is 3.50. The lowest BCUT2D eigenvalue weighted by molar-refractivity contribution is -0.895. The number of hydrazone groups is 1. The summed E-state index contributed by atoms with van der Waals surface area (Å²) in [6.07, 6.45) is 4.09. The first-order chi connectivity index (χ1) is 5.95. The van der Waals surface area contributed by atoms with Crippen LogP contribution in [0.4, 0.5) is 0 Å². The van der Waals surface area contributed by atoms with Crippen molar-refractivity contribution in [1.82, 2.24) is 11.1 Å². The van der Waals surface area contributed by atoms with E-state index in [4.69, 9.17) is 0 Å². The molecule has 3 N–H and O–H groups in total. The van der Waals surface area contributed by atoms with Crippen LogP contribution >= 0.6 is 0 Å². The van der Waals surface area contributed by atoms with Gasteiger partial charge in [-0.1, -0.05) is 0 Å². The molecule has 0 saturated carbocycles. The average molecular weight is 169 g/mol. The van der Waals surface area contributed by atoms with Gasteiger partial charge in [0.2, 0.25) is 0 Å². The number of rotatable bonds is 2. The van der Waals surface area contributed by atoms with E-state index in [-0.39, 0.29) is 0 Å². The molecule has 2 rings (SSSR count). The van der Waals surface area contributed by atoms with Gasteiger partial charge in [-0.05, 0) is 25.1 Å². The molecule has 2 aliphatic rings. The van der Waals surface area contributed by atoms with Crippen molar-refractivity contribution in [2.75, 3.05) is 19.6 Å². The quantitative estimate of drug-likeness (QED) is 0.484. The fourth-order valence-electron chi connectivity index (χ4n) is 1.74. The Morgan fingerprint density at radius 2 is 2.17 bits per heavy atom. The number of nitrogens with one attached hydrogen (secondary N) is 3. The molecule has 0 radical (unpaired) electrons. The van der Waals surface area contributed by atoms with Crippen LogP contribution in [0.3, 0.4) is 0 Å². The molecule has 0 atom stereocenters. The van der Waals surface area contributed by atoms with Gasteiger partial charge < -0.3 is 21.0 Å². The third kappa shape index (κ3) is 1.86. The second kappa shape index (κ2) is 3.73. The predicted octanol–water partition coefficient (Wildman–Crippen LogP) is -1.23. The first-order valence-electron chi connectivity index (χ1n) is 4.56. The molecule has 0 aromatic heterocycles. The van der Waals surface area contributed by atoms with Crippen molar-refractivity contribution >= 4 is 5.84 Å². The first kappa shape index (κ1) is 7.82. The maximum atomic E-state index is 4.00. The Hall–Kier alpha value is -0.810. The van der Waals surface area contributed by atoms with Gasteiger partial charge in [-0.25, -0.2) is 5.53 Å². The fourth-order valence-corrected chi connectivity index (χ4v) is 1.74. The standard InChI is InChI=1S/C7H14N5/c1-2-4-12(5-3-1)6-7-8-10-11-9-7/h10-11H,1-6H2/q-1/p+1. The molecule has 68 valence electrons. The summed E-state index contributed by atoms with van der Waals surface area (Å²) in [4.78, 5) is 1.61. The molecular formula is C7H15N5. The van der Waals surface area contributed by atoms with Crippen LogP contribution in [0.15, 0.2) is 5.10 Å². The maximum Gasteiger partial charge on any atom is 0.0973 e. The Morgan fingerprint density at radius 3 is 2.83 bits per heavy atom. The number of amidine groups is 1. The zero-order chi connectivity index (χ0) is 8.23. The summed E-state index contributed by atoms with van der Waals surface area (Å²) >= 11 is 0. The highest BCUT2D eigenvalue weighted by atomic mass is 15.8. The molecule has 0 unspecified atom stereocenters. The smallest absolute Gasteiger partial charge is 0.0973 e. The fraction of sp³-hybridized carbons (Fsp3) is 0.857. The van der Waals surface area contributed by atoms with E-state index in [1.165, 1.54) is 32.4 Å². The van der Waals surface area contributed by atoms with Gasteiger partial charge in [-0.15, -0.1) is 0 Å². The van der Waals surface area contributed by atoms with Gasteiger partial charge in [0.05, 0.1) is 19.6 Å². The Bertz CT molecular complexity index is 173. The van der Waals surface area contributed by atoms with Crippen molar-refractivity contribution in [3.63, 3.8) is 0 Å². The summed E-state index contributed by atoms with van der Waals surface area (Å²) in [7, 11) is 0. The Balaban J connectivity index is 1.77. The van der Waals surface area contributed by atoms with E-state index in [1.54, 1.807) is 4.90 Å². The predicted molar refractivity (Wildman–Crippen MR) is 46.5 cm³/mol. The highest BCUT2D eigenvalue weighted by Crippen LogP contribution is 1.95. The zero-order valence-electron chi connectivity index (χ0n) is 7.14. The highest BCUT2D eigenvalue weighted by molar-refractivity contribution is 5.95. The van der Waals surface area contributed by atoms with E-state index in [1.807, 2.05) is 0 Å². The summed E-state index contributed by atoms with van der Waals surface area (Å²) in [5.41, 5.74) is 9.24. The van der Waals surface area contributed by atoms with Gasteiger partial charge in [0, 0.05) is 0 Å². The minimum atomic E-state index is 0.895. The van der Waals surface area contributed by atoms with Crippen LogP contribution in [0.25, 0.3) is 5.43 Å². The van der Waals surface area contributed by atoms with Crippen LogP contribution in [-0.4, -0.2) is 25.5 Å². The maximum absolute atomic E-state index is 4.00. The van der Waals surface area contributed by atoms with E-state index < -0.39 is 0 Å². The number of hydrogen-bond acceptors (Lipinski definition) is 3. The zero-order valence-corrected chi connectivity index (χ0v) is 7.14. The molecule has 2 heterocycles. The number of piperidine rings is 1. The van der Waals surface area contributed by atoms with Crippen LogP contribution in [0.5, 0.6) is 0 Å². The van der Waals surface area contributed by atoms with Crippen molar-refractivity contribution in [2.45, 2.75) is 19.3 Å². The van der Waals surface area contributed by atoms with Gasteiger partial charge in [-0.2, -0.15) is 0 Å². The van der Waals surface area contributed by atoms with Crippen molar-refractivity contribution in [2.24, 2.45) is 5.10 Å².